The Morgan fingerprint density at radius 3 is 2.31 bits per heavy atom. The van der Waals surface area contributed by atoms with Crippen molar-refractivity contribution >= 4 is 29.2 Å². The number of phenols is 1. The smallest absolute Gasteiger partial charge is 0.329 e. The number of ketones is 3. The van der Waals surface area contributed by atoms with E-state index in [1.807, 2.05) is 51.2 Å². The van der Waals surface area contributed by atoms with Crippen LogP contribution in [0.2, 0.25) is 0 Å². The third-order valence-electron chi connectivity index (χ3n) is 13.4. The van der Waals surface area contributed by atoms with Gasteiger partial charge in [0.15, 0.2) is 17.3 Å². The first kappa shape index (κ1) is 53.1. The monoisotopic (exact) mass is 908 g/mol. The summed E-state index contributed by atoms with van der Waals surface area (Å²) in [6.07, 6.45) is 9.59. The third kappa shape index (κ3) is 13.8. The van der Waals surface area contributed by atoms with Gasteiger partial charge in [0.25, 0.3) is 11.7 Å². The number of hydrogen-bond acceptors (Lipinski definition) is 13. The molecule has 3 heterocycles. The minimum atomic E-state index is -2.44. The molecule has 4 rings (SSSR count). The number of fused-ring (bicyclic) bond motifs is 3. The summed E-state index contributed by atoms with van der Waals surface area (Å²) in [5.74, 6) is -8.26. The van der Waals surface area contributed by atoms with Crippen molar-refractivity contribution in [3.63, 3.8) is 0 Å². The Kier molecular flexibility index (Phi) is 19.9. The van der Waals surface area contributed by atoms with Crippen LogP contribution in [0.5, 0.6) is 11.5 Å². The van der Waals surface area contributed by atoms with E-state index in [-0.39, 0.29) is 48.4 Å². The summed E-state index contributed by atoms with van der Waals surface area (Å²) in [6, 6.07) is 3.68. The zero-order valence-corrected chi connectivity index (χ0v) is 40.0. The average Bonchev–Trinajstić information content (AvgIpc) is 3.28. The van der Waals surface area contributed by atoms with Gasteiger partial charge in [-0.05, 0) is 99.5 Å². The lowest BCUT2D eigenvalue weighted by Gasteiger charge is -2.42. The van der Waals surface area contributed by atoms with Crippen LogP contribution < -0.4 is 4.74 Å². The highest BCUT2D eigenvalue weighted by Gasteiger charge is 2.53. The summed E-state index contributed by atoms with van der Waals surface area (Å²) in [4.78, 5) is 71.6. The molecule has 0 aliphatic carbocycles. The maximum atomic E-state index is 14.3. The number of aliphatic hydroxyl groups excluding tert-OH is 1. The molecular weight excluding hydrogens is 835 g/mol. The largest absolute Gasteiger partial charge is 0.504 e. The van der Waals surface area contributed by atoms with E-state index in [1.165, 1.54) is 20.3 Å². The molecule has 3 aliphatic rings. The number of aromatic hydroxyl groups is 1. The molecule has 2 bridgehead atoms. The van der Waals surface area contributed by atoms with E-state index in [0.717, 1.165) is 16.0 Å². The number of nitrogens with zero attached hydrogens (tertiary/aromatic N) is 1. The minimum absolute atomic E-state index is 0.0100. The fraction of sp³-hybridized carbons (Fsp3) is 0.627. The number of ether oxygens (including phenoxy) is 5. The molecule has 0 spiro atoms. The van der Waals surface area contributed by atoms with Crippen LogP contribution in [0.3, 0.4) is 0 Å². The number of rotatable bonds is 6. The second-order valence-corrected chi connectivity index (χ2v) is 18.5. The van der Waals surface area contributed by atoms with Crippen molar-refractivity contribution in [2.24, 2.45) is 29.6 Å². The molecule has 2 fully saturated rings. The first-order valence-electron chi connectivity index (χ1n) is 23.1. The van der Waals surface area contributed by atoms with Gasteiger partial charge in [0.2, 0.25) is 5.79 Å². The van der Waals surface area contributed by atoms with Crippen molar-refractivity contribution in [2.75, 3.05) is 27.9 Å². The summed E-state index contributed by atoms with van der Waals surface area (Å²) in [6.45, 7) is 12.5. The Bertz CT molecular complexity index is 1950. The van der Waals surface area contributed by atoms with E-state index >= 15 is 0 Å². The summed E-state index contributed by atoms with van der Waals surface area (Å²) < 4.78 is 29.0. The molecule has 5 unspecified atom stereocenters. The number of piperidine rings is 1. The lowest BCUT2D eigenvalue weighted by atomic mass is 9.85. The van der Waals surface area contributed by atoms with Gasteiger partial charge in [-0.3, -0.25) is 19.2 Å². The second-order valence-electron chi connectivity index (χ2n) is 18.5. The molecule has 12 atom stereocenters. The van der Waals surface area contributed by atoms with Gasteiger partial charge in [-0.15, -0.1) is 0 Å². The highest BCUT2D eigenvalue weighted by molar-refractivity contribution is 6.39. The van der Waals surface area contributed by atoms with Gasteiger partial charge in [-0.25, -0.2) is 4.79 Å². The molecule has 0 aromatic heterocycles. The van der Waals surface area contributed by atoms with Gasteiger partial charge in [0.05, 0.1) is 19.3 Å². The van der Waals surface area contributed by atoms with Crippen molar-refractivity contribution < 1.29 is 63.0 Å². The average molecular weight is 908 g/mol. The van der Waals surface area contributed by atoms with Crippen LogP contribution in [0, 0.1) is 29.6 Å². The number of benzene rings is 1. The van der Waals surface area contributed by atoms with E-state index in [2.05, 4.69) is 0 Å². The lowest BCUT2D eigenvalue weighted by molar-refractivity contribution is -0.265. The van der Waals surface area contributed by atoms with Gasteiger partial charge in [0.1, 0.15) is 30.1 Å². The van der Waals surface area contributed by atoms with Crippen LogP contribution in [0.1, 0.15) is 105 Å². The number of esters is 1. The zero-order valence-electron chi connectivity index (χ0n) is 40.0. The van der Waals surface area contributed by atoms with Crippen LogP contribution >= 0.6 is 0 Å². The standard InChI is InChI=1S/C51H73NO13/c1-30-16-12-11-13-17-31(2)42(61-8)28-38-21-19-36(7)51(60,65-38)48(57)49(58)52-23-15-14-18-39(52)50(59)64-43(33(4)26-37-20-22-40(53)44(27-37)62-9)29-41(54)32(3)25-35(6)46(56)47(63-10)45(55)34(5)24-30/h11-13,16-17,20,22,25,27,30,32-34,36,38-39,42-43,46-47,53,56,60H,14-15,18-19,21,23-24,26,28-29H2,1-10H3/b13-11+,16-12+,31-17+,35-25+/t30-,32-,33-,34?,36?,38+,39?,42+,43+,46?,47+,51?/m1/s1. The predicted molar refractivity (Wildman–Crippen MR) is 245 cm³/mol. The SMILES string of the molecule is COc1cc(C[C@@H](C)[C@@H]2CC(=O)[C@H](C)/C=C(\C)C(O)[C@@H](OC)C(=O)C(C)C[C@H](C)/C=C/C=C/C=C(\C)[C@@H](OC)C[C@@H]3CCC(C)C(O)(O3)C(=O)C(=O)N3CCCCC3C(=O)O2)ccc1O. The van der Waals surface area contributed by atoms with Crippen molar-refractivity contribution in [3.05, 3.63) is 71.4 Å². The molecule has 14 heteroatoms. The molecule has 0 radical (unpaired) electrons. The molecule has 360 valence electrons. The van der Waals surface area contributed by atoms with Gasteiger partial charge >= 0.3 is 5.97 Å². The number of aliphatic hydroxyl groups is 2. The highest BCUT2D eigenvalue weighted by Crippen LogP contribution is 2.37. The molecule has 1 aromatic carbocycles. The van der Waals surface area contributed by atoms with Crippen molar-refractivity contribution in [2.45, 2.75) is 149 Å². The Labute approximate surface area is 385 Å². The van der Waals surface area contributed by atoms with Crippen LogP contribution in [0.15, 0.2) is 65.8 Å². The second kappa shape index (κ2) is 24.3. The fourth-order valence-corrected chi connectivity index (χ4v) is 9.13. The van der Waals surface area contributed by atoms with Crippen LogP contribution in [0.4, 0.5) is 0 Å². The first-order valence-corrected chi connectivity index (χ1v) is 23.1. The quantitative estimate of drug-likeness (QED) is 0.158. The lowest BCUT2D eigenvalue weighted by Crippen LogP contribution is -2.61. The van der Waals surface area contributed by atoms with E-state index in [1.54, 1.807) is 53.0 Å². The van der Waals surface area contributed by atoms with E-state index in [0.29, 0.717) is 50.5 Å². The van der Waals surface area contributed by atoms with Crippen molar-refractivity contribution in [1.29, 1.82) is 0 Å². The molecule has 0 saturated carbocycles. The van der Waals surface area contributed by atoms with Gasteiger partial charge in [-0.2, -0.15) is 0 Å². The molecule has 1 aromatic rings. The number of Topliss-reactive ketones (excluding diaryl/α,β-unsaturated/α-hetero) is 3. The number of amides is 1. The summed E-state index contributed by atoms with van der Waals surface area (Å²) in [5, 5.41) is 33.6. The van der Waals surface area contributed by atoms with Gasteiger partial charge in [-0.1, -0.05) is 77.1 Å². The molecule has 3 aliphatic heterocycles. The molecule has 14 nitrogen and oxygen atoms in total. The molecule has 1 amide bonds. The number of allylic oxidation sites excluding steroid dienone is 6. The molecule has 65 heavy (non-hydrogen) atoms. The number of cyclic esters (lactones) is 1. The maximum absolute atomic E-state index is 14.3. The van der Waals surface area contributed by atoms with Crippen LogP contribution in [0.25, 0.3) is 0 Å². The van der Waals surface area contributed by atoms with Crippen molar-refractivity contribution in [1.82, 2.24) is 4.90 Å². The number of carbonyl (C=O) groups excluding carboxylic acids is 5. The predicted octanol–water partition coefficient (Wildman–Crippen LogP) is 6.57. The third-order valence-corrected chi connectivity index (χ3v) is 13.4. The van der Waals surface area contributed by atoms with Gasteiger partial charge < -0.3 is 43.9 Å². The van der Waals surface area contributed by atoms with Crippen LogP contribution in [-0.2, 0) is 49.3 Å². The number of hydrogen-bond donors (Lipinski definition) is 3. The van der Waals surface area contributed by atoms with E-state index in [9.17, 15) is 39.3 Å². The molecule has 3 N–H and O–H groups in total. The van der Waals surface area contributed by atoms with Crippen LogP contribution in [-0.4, -0.2) is 120 Å². The topological polar surface area (TPSA) is 195 Å². The number of methoxy groups -OCH3 is 3. The normalized spacial score (nSPS) is 35.4. The summed E-state index contributed by atoms with van der Waals surface area (Å²) >= 11 is 0. The maximum Gasteiger partial charge on any atom is 0.329 e. The Morgan fingerprint density at radius 1 is 0.908 bits per heavy atom. The summed E-state index contributed by atoms with van der Waals surface area (Å²) in [5.41, 5.74) is 1.97. The Hall–Kier alpha value is -4.47. The molecular formula is C51H73NO13. The number of carbonyl (C=O) groups is 5. The van der Waals surface area contributed by atoms with E-state index < -0.39 is 83.7 Å². The fourth-order valence-electron chi connectivity index (χ4n) is 9.13. The highest BCUT2D eigenvalue weighted by atomic mass is 16.6. The zero-order chi connectivity index (χ0) is 48.2. The minimum Gasteiger partial charge on any atom is -0.504 e. The van der Waals surface area contributed by atoms with Gasteiger partial charge in [0, 0.05) is 51.4 Å². The summed E-state index contributed by atoms with van der Waals surface area (Å²) in [7, 11) is 4.36. The van der Waals surface area contributed by atoms with E-state index in [4.69, 9.17) is 23.7 Å². The Morgan fingerprint density at radius 2 is 1.63 bits per heavy atom. The first-order chi connectivity index (χ1) is 30.7. The Balaban J connectivity index is 1.73. The van der Waals surface area contributed by atoms with Crippen molar-refractivity contribution in [3.8, 4) is 11.5 Å². The molecule has 2 saturated heterocycles. The number of phenolic OH excluding ortho intramolecular Hbond substituents is 1.